The van der Waals surface area contributed by atoms with E-state index >= 15 is 0 Å². The molecule has 102 valence electrons. The number of carbonyl (C=O) groups excluding carboxylic acids is 2. The number of amides is 1. The van der Waals surface area contributed by atoms with Crippen LogP contribution in [0.25, 0.3) is 0 Å². The van der Waals surface area contributed by atoms with Gasteiger partial charge in [-0.25, -0.2) is 0 Å². The Bertz CT molecular complexity index is 416. The van der Waals surface area contributed by atoms with Crippen LogP contribution in [0.4, 0.5) is 13.2 Å². The van der Waals surface area contributed by atoms with Crippen LogP contribution in [0.5, 0.6) is 0 Å². The Balaban J connectivity index is 2.24. The average Bonchev–Trinajstić information content (AvgIpc) is 2.51. The van der Waals surface area contributed by atoms with E-state index in [2.05, 4.69) is 0 Å². The van der Waals surface area contributed by atoms with Crippen molar-refractivity contribution in [2.24, 2.45) is 16.7 Å². The number of nitrogens with one attached hydrogen (secondary N) is 1. The van der Waals surface area contributed by atoms with E-state index in [0.29, 0.717) is 12.8 Å². The third-order valence-electron chi connectivity index (χ3n) is 5.08. The van der Waals surface area contributed by atoms with Crippen LogP contribution >= 0.6 is 0 Å². The van der Waals surface area contributed by atoms with Gasteiger partial charge in [-0.2, -0.15) is 13.2 Å². The number of fused-ring (bicyclic) bond motifs is 2. The van der Waals surface area contributed by atoms with Gasteiger partial charge in [0.1, 0.15) is 0 Å². The van der Waals surface area contributed by atoms with E-state index in [1.54, 1.807) is 6.92 Å². The molecular weight excluding hydrogens is 247 g/mol. The molecule has 3 unspecified atom stereocenters. The maximum absolute atomic E-state index is 12.2. The van der Waals surface area contributed by atoms with Gasteiger partial charge >= 0.3 is 12.1 Å². The minimum atomic E-state index is -4.94. The normalized spacial score (nSPS) is 38.0. The van der Waals surface area contributed by atoms with Crippen LogP contribution in [0.2, 0.25) is 0 Å². The topological polar surface area (TPSA) is 46.2 Å². The van der Waals surface area contributed by atoms with Crippen molar-refractivity contribution in [2.75, 3.05) is 0 Å². The van der Waals surface area contributed by atoms with E-state index in [1.165, 1.54) is 0 Å². The van der Waals surface area contributed by atoms with Gasteiger partial charge in [0.2, 0.25) is 0 Å². The number of carbonyl (C=O) groups is 2. The van der Waals surface area contributed by atoms with E-state index in [0.717, 1.165) is 0 Å². The Morgan fingerprint density at radius 1 is 1.33 bits per heavy atom. The van der Waals surface area contributed by atoms with Crippen molar-refractivity contribution in [2.45, 2.75) is 45.8 Å². The molecule has 3 nitrogen and oxygen atoms in total. The SMILES string of the molecule is CC12CCC(C(NC(=O)C(F)(F)F)C1=O)C2(C)C. The number of ketones is 1. The quantitative estimate of drug-likeness (QED) is 0.787. The van der Waals surface area contributed by atoms with Crippen molar-refractivity contribution >= 4 is 11.7 Å². The monoisotopic (exact) mass is 263 g/mol. The zero-order valence-corrected chi connectivity index (χ0v) is 10.5. The molecule has 2 aliphatic carbocycles. The Morgan fingerprint density at radius 3 is 2.28 bits per heavy atom. The molecular formula is C12H16F3NO2. The van der Waals surface area contributed by atoms with Gasteiger partial charge in [0, 0.05) is 5.41 Å². The second-order valence-corrected chi connectivity index (χ2v) is 6.01. The number of alkyl halides is 3. The van der Waals surface area contributed by atoms with Gasteiger partial charge in [-0.05, 0) is 24.2 Å². The maximum atomic E-state index is 12.2. The average molecular weight is 263 g/mol. The lowest BCUT2D eigenvalue weighted by Crippen LogP contribution is -2.50. The first-order valence-electron chi connectivity index (χ1n) is 5.94. The summed E-state index contributed by atoms with van der Waals surface area (Å²) in [6.45, 7) is 5.57. The zero-order chi connectivity index (χ0) is 13.9. The fourth-order valence-electron chi connectivity index (χ4n) is 3.48. The van der Waals surface area contributed by atoms with Gasteiger partial charge in [-0.3, -0.25) is 9.59 Å². The lowest BCUT2D eigenvalue weighted by Gasteiger charge is -2.32. The maximum Gasteiger partial charge on any atom is 0.471 e. The summed E-state index contributed by atoms with van der Waals surface area (Å²) in [7, 11) is 0. The predicted molar refractivity (Wildman–Crippen MR) is 57.6 cm³/mol. The van der Waals surface area contributed by atoms with Crippen LogP contribution in [-0.4, -0.2) is 23.9 Å². The van der Waals surface area contributed by atoms with E-state index in [1.807, 2.05) is 19.2 Å². The minimum Gasteiger partial charge on any atom is -0.338 e. The van der Waals surface area contributed by atoms with Crippen LogP contribution < -0.4 is 5.32 Å². The summed E-state index contributed by atoms with van der Waals surface area (Å²) in [6, 6.07) is -0.993. The van der Waals surface area contributed by atoms with Gasteiger partial charge in [0.25, 0.3) is 0 Å². The first-order valence-corrected chi connectivity index (χ1v) is 5.94. The van der Waals surface area contributed by atoms with Gasteiger partial charge in [-0.15, -0.1) is 0 Å². The van der Waals surface area contributed by atoms with Gasteiger partial charge < -0.3 is 5.32 Å². The first kappa shape index (κ1) is 13.4. The standard InChI is InChI=1S/C12H16F3NO2/c1-10(2)6-4-5-11(10,3)8(17)7(6)16-9(18)12(13,14)15/h6-7H,4-5H2,1-3H3,(H,16,18). The zero-order valence-electron chi connectivity index (χ0n) is 10.5. The van der Waals surface area contributed by atoms with E-state index in [-0.39, 0.29) is 17.1 Å². The second-order valence-electron chi connectivity index (χ2n) is 6.01. The second kappa shape index (κ2) is 3.48. The number of hydrogen-bond donors (Lipinski definition) is 1. The third-order valence-corrected chi connectivity index (χ3v) is 5.08. The molecule has 0 aromatic heterocycles. The van der Waals surface area contributed by atoms with Crippen molar-refractivity contribution in [3.8, 4) is 0 Å². The molecule has 0 saturated heterocycles. The summed E-state index contributed by atoms with van der Waals surface area (Å²) in [6.07, 6.45) is -3.58. The molecule has 2 fully saturated rings. The predicted octanol–water partition coefficient (Wildman–Crippen LogP) is 2.06. The Morgan fingerprint density at radius 2 is 1.89 bits per heavy atom. The molecule has 2 aliphatic rings. The van der Waals surface area contributed by atoms with Crippen molar-refractivity contribution in [3.63, 3.8) is 0 Å². The van der Waals surface area contributed by atoms with Crippen LogP contribution in [0.3, 0.4) is 0 Å². The summed E-state index contributed by atoms with van der Waals surface area (Å²) < 4.78 is 36.7. The molecule has 18 heavy (non-hydrogen) atoms. The number of hydrogen-bond acceptors (Lipinski definition) is 2. The van der Waals surface area contributed by atoms with Crippen LogP contribution in [0.1, 0.15) is 33.6 Å². The lowest BCUT2D eigenvalue weighted by atomic mass is 9.70. The molecule has 3 atom stereocenters. The van der Waals surface area contributed by atoms with E-state index < -0.39 is 23.5 Å². The highest BCUT2D eigenvalue weighted by molar-refractivity contribution is 5.97. The van der Waals surface area contributed by atoms with Crippen molar-refractivity contribution in [3.05, 3.63) is 0 Å². The highest BCUT2D eigenvalue weighted by Crippen LogP contribution is 2.63. The van der Waals surface area contributed by atoms with Gasteiger partial charge in [0.15, 0.2) is 5.78 Å². The molecule has 0 aliphatic heterocycles. The van der Waals surface area contributed by atoms with Crippen molar-refractivity contribution in [1.29, 1.82) is 0 Å². The Kier molecular flexibility index (Phi) is 2.59. The Labute approximate surface area is 103 Å². The highest BCUT2D eigenvalue weighted by atomic mass is 19.4. The molecule has 2 bridgehead atoms. The van der Waals surface area contributed by atoms with Crippen LogP contribution in [0, 0.1) is 16.7 Å². The molecule has 6 heteroatoms. The lowest BCUT2D eigenvalue weighted by molar-refractivity contribution is -0.175. The van der Waals surface area contributed by atoms with Crippen molar-refractivity contribution < 1.29 is 22.8 Å². The molecule has 1 N–H and O–H groups in total. The summed E-state index contributed by atoms with van der Waals surface area (Å²) in [5, 5.41) is 1.87. The molecule has 0 radical (unpaired) electrons. The third kappa shape index (κ3) is 1.50. The molecule has 1 amide bonds. The summed E-state index contributed by atoms with van der Waals surface area (Å²) >= 11 is 0. The van der Waals surface area contributed by atoms with E-state index in [9.17, 15) is 22.8 Å². The number of Topliss-reactive ketones (excluding diaryl/α,β-unsaturated/α-hetero) is 1. The van der Waals surface area contributed by atoms with Gasteiger partial charge in [0.05, 0.1) is 6.04 Å². The molecule has 0 heterocycles. The smallest absolute Gasteiger partial charge is 0.338 e. The summed E-state index contributed by atoms with van der Waals surface area (Å²) in [5.41, 5.74) is -0.991. The molecule has 2 saturated carbocycles. The molecule has 0 aromatic rings. The molecule has 0 spiro atoms. The van der Waals surface area contributed by atoms with Crippen LogP contribution in [-0.2, 0) is 9.59 Å². The highest BCUT2D eigenvalue weighted by Gasteiger charge is 2.67. The fraction of sp³-hybridized carbons (Fsp3) is 0.833. The number of halogens is 3. The summed E-state index contributed by atoms with van der Waals surface area (Å²) in [5.74, 6) is -2.49. The molecule has 0 aromatic carbocycles. The minimum absolute atomic E-state index is 0.207. The number of rotatable bonds is 1. The van der Waals surface area contributed by atoms with Crippen LogP contribution in [0.15, 0.2) is 0 Å². The first-order chi connectivity index (χ1) is 8.02. The fourth-order valence-corrected chi connectivity index (χ4v) is 3.48. The van der Waals surface area contributed by atoms with Crippen molar-refractivity contribution in [1.82, 2.24) is 5.32 Å². The largest absolute Gasteiger partial charge is 0.471 e. The van der Waals surface area contributed by atoms with Gasteiger partial charge in [-0.1, -0.05) is 20.8 Å². The summed E-state index contributed by atoms with van der Waals surface area (Å²) in [4.78, 5) is 23.2. The molecule has 2 rings (SSSR count). The Hall–Kier alpha value is -1.07. The van der Waals surface area contributed by atoms with E-state index in [4.69, 9.17) is 0 Å².